The summed E-state index contributed by atoms with van der Waals surface area (Å²) in [6.07, 6.45) is 0. The Morgan fingerprint density at radius 1 is 0.556 bits per heavy atom. The summed E-state index contributed by atoms with van der Waals surface area (Å²) in [5.41, 5.74) is 6.77. The number of rotatable bonds is 1. The molecule has 0 bridgehead atoms. The molecule has 4 aromatic rings. The van der Waals surface area contributed by atoms with E-state index in [1.165, 1.54) is 38.6 Å². The smallest absolute Gasteiger partial charge is 0.0541 e. The summed E-state index contributed by atoms with van der Waals surface area (Å²) in [6, 6.07) is 24.6. The van der Waals surface area contributed by atoms with Crippen molar-refractivity contribution in [2.24, 2.45) is 0 Å². The summed E-state index contributed by atoms with van der Waals surface area (Å²) < 4.78 is 2.43. The van der Waals surface area contributed by atoms with Crippen LogP contribution in [0.3, 0.4) is 0 Å². The van der Waals surface area contributed by atoms with Crippen molar-refractivity contribution in [3.8, 4) is 5.69 Å². The van der Waals surface area contributed by atoms with Gasteiger partial charge in [0.1, 0.15) is 0 Å². The predicted molar refractivity (Wildman–Crippen MR) is 118 cm³/mol. The Bertz CT molecular complexity index is 1050. The topological polar surface area (TPSA) is 4.93 Å². The summed E-state index contributed by atoms with van der Waals surface area (Å²) in [5, 5.41) is 2.62. The Kier molecular flexibility index (Phi) is 3.96. The Morgan fingerprint density at radius 2 is 0.963 bits per heavy atom. The molecule has 0 atom stereocenters. The molecule has 0 saturated heterocycles. The minimum Gasteiger partial charge on any atom is -0.309 e. The van der Waals surface area contributed by atoms with E-state index in [2.05, 4.69) is 113 Å². The van der Waals surface area contributed by atoms with E-state index in [4.69, 9.17) is 0 Å². The second-order valence-corrected chi connectivity index (χ2v) is 9.64. The lowest BCUT2D eigenvalue weighted by Crippen LogP contribution is -2.17. The van der Waals surface area contributed by atoms with Crippen LogP contribution < -0.4 is 0 Å². The molecule has 4 rings (SSSR count). The fourth-order valence-electron chi connectivity index (χ4n) is 3.81. The van der Waals surface area contributed by atoms with E-state index in [0.29, 0.717) is 0 Å². The van der Waals surface area contributed by atoms with Crippen LogP contribution >= 0.6 is 0 Å². The van der Waals surface area contributed by atoms with Gasteiger partial charge in [-0.1, -0.05) is 84.0 Å². The quantitative estimate of drug-likeness (QED) is 0.336. The van der Waals surface area contributed by atoms with Crippen LogP contribution in [0.1, 0.15) is 52.7 Å². The SMILES string of the molecule is CC(C)(C)c1cc(-n2c3ccccc3c3ccccc32)cc(C(C)(C)C)c1. The highest BCUT2D eigenvalue weighted by atomic mass is 15.0. The molecule has 0 saturated carbocycles. The maximum absolute atomic E-state index is 2.43. The fourth-order valence-corrected chi connectivity index (χ4v) is 3.81. The molecule has 0 amide bonds. The highest BCUT2D eigenvalue weighted by molar-refractivity contribution is 6.09. The van der Waals surface area contributed by atoms with Gasteiger partial charge in [0.2, 0.25) is 0 Å². The lowest BCUT2D eigenvalue weighted by molar-refractivity contribution is 0.568. The number of hydrogen-bond acceptors (Lipinski definition) is 0. The first-order valence-corrected chi connectivity index (χ1v) is 9.81. The van der Waals surface area contributed by atoms with Gasteiger partial charge in [-0.2, -0.15) is 0 Å². The first kappa shape index (κ1) is 17.9. The molecule has 1 heterocycles. The number of fused-ring (bicyclic) bond motifs is 3. The van der Waals surface area contributed by atoms with E-state index in [-0.39, 0.29) is 10.8 Å². The molecule has 27 heavy (non-hydrogen) atoms. The van der Waals surface area contributed by atoms with E-state index in [1.54, 1.807) is 0 Å². The van der Waals surface area contributed by atoms with Gasteiger partial charge in [0.25, 0.3) is 0 Å². The van der Waals surface area contributed by atoms with Gasteiger partial charge >= 0.3 is 0 Å². The highest BCUT2D eigenvalue weighted by Crippen LogP contribution is 2.36. The summed E-state index contributed by atoms with van der Waals surface area (Å²) in [7, 11) is 0. The fraction of sp³-hybridized carbons (Fsp3) is 0.308. The minimum absolute atomic E-state index is 0.106. The predicted octanol–water partition coefficient (Wildman–Crippen LogP) is 7.38. The third-order valence-electron chi connectivity index (χ3n) is 5.49. The lowest BCUT2D eigenvalue weighted by Gasteiger charge is -2.26. The van der Waals surface area contributed by atoms with Crippen LogP contribution in [-0.2, 0) is 10.8 Å². The van der Waals surface area contributed by atoms with Gasteiger partial charge in [0.15, 0.2) is 0 Å². The number of hydrogen-bond donors (Lipinski definition) is 0. The minimum atomic E-state index is 0.106. The van der Waals surface area contributed by atoms with Crippen molar-refractivity contribution in [2.75, 3.05) is 0 Å². The maximum Gasteiger partial charge on any atom is 0.0541 e. The van der Waals surface area contributed by atoms with Crippen LogP contribution in [0.15, 0.2) is 66.7 Å². The summed E-state index contributed by atoms with van der Waals surface area (Å²) in [4.78, 5) is 0. The van der Waals surface area contributed by atoms with Crippen LogP contribution in [0.5, 0.6) is 0 Å². The molecule has 1 heteroatoms. The molecule has 138 valence electrons. The van der Waals surface area contributed by atoms with Gasteiger partial charge in [-0.3, -0.25) is 0 Å². The van der Waals surface area contributed by atoms with Gasteiger partial charge < -0.3 is 4.57 Å². The van der Waals surface area contributed by atoms with Gasteiger partial charge in [-0.05, 0) is 46.2 Å². The normalized spacial score (nSPS) is 12.8. The highest BCUT2D eigenvalue weighted by Gasteiger charge is 2.22. The second kappa shape index (κ2) is 5.99. The Labute approximate surface area is 162 Å². The number of nitrogens with zero attached hydrogens (tertiary/aromatic N) is 1. The van der Waals surface area contributed by atoms with E-state index in [9.17, 15) is 0 Å². The van der Waals surface area contributed by atoms with Crippen LogP contribution in [0.2, 0.25) is 0 Å². The van der Waals surface area contributed by atoms with Crippen LogP contribution in [0, 0.1) is 0 Å². The van der Waals surface area contributed by atoms with Crippen molar-refractivity contribution in [1.82, 2.24) is 4.57 Å². The zero-order valence-electron chi connectivity index (χ0n) is 17.3. The third-order valence-corrected chi connectivity index (χ3v) is 5.49. The zero-order chi connectivity index (χ0) is 19.4. The average Bonchev–Trinajstić information content (AvgIpc) is 2.94. The average molecular weight is 356 g/mol. The first-order chi connectivity index (χ1) is 12.7. The summed E-state index contributed by atoms with van der Waals surface area (Å²) in [5.74, 6) is 0. The Morgan fingerprint density at radius 3 is 1.37 bits per heavy atom. The molecular weight excluding hydrogens is 326 g/mol. The van der Waals surface area contributed by atoms with E-state index in [1.807, 2.05) is 0 Å². The molecule has 0 aliphatic carbocycles. The molecule has 0 aliphatic rings. The molecule has 1 aromatic heterocycles. The molecule has 0 fully saturated rings. The van der Waals surface area contributed by atoms with Gasteiger partial charge in [0, 0.05) is 16.5 Å². The Balaban J connectivity index is 2.12. The van der Waals surface area contributed by atoms with Crippen molar-refractivity contribution in [3.63, 3.8) is 0 Å². The second-order valence-electron chi connectivity index (χ2n) is 9.64. The van der Waals surface area contributed by atoms with Gasteiger partial charge in [0.05, 0.1) is 11.0 Å². The van der Waals surface area contributed by atoms with Crippen LogP contribution in [-0.4, -0.2) is 4.57 Å². The standard InChI is InChI=1S/C26H29N/c1-25(2,3)18-15-19(26(4,5)6)17-20(16-18)27-23-13-9-7-11-21(23)22-12-8-10-14-24(22)27/h7-17H,1-6H3. The first-order valence-electron chi connectivity index (χ1n) is 9.81. The van der Waals surface area contributed by atoms with E-state index >= 15 is 0 Å². The van der Waals surface area contributed by atoms with Crippen LogP contribution in [0.25, 0.3) is 27.5 Å². The number of aromatic nitrogens is 1. The maximum atomic E-state index is 2.43. The molecular formula is C26H29N. The lowest BCUT2D eigenvalue weighted by atomic mass is 9.80. The molecule has 0 N–H and O–H groups in total. The zero-order valence-corrected chi connectivity index (χ0v) is 17.3. The number of benzene rings is 3. The Hall–Kier alpha value is -2.54. The van der Waals surface area contributed by atoms with E-state index in [0.717, 1.165) is 0 Å². The summed E-state index contributed by atoms with van der Waals surface area (Å²) in [6.45, 7) is 13.8. The molecule has 0 radical (unpaired) electrons. The van der Waals surface area contributed by atoms with E-state index < -0.39 is 0 Å². The summed E-state index contributed by atoms with van der Waals surface area (Å²) >= 11 is 0. The van der Waals surface area contributed by atoms with Crippen molar-refractivity contribution in [3.05, 3.63) is 77.9 Å². The molecule has 0 unspecified atom stereocenters. The van der Waals surface area contributed by atoms with Crippen molar-refractivity contribution in [1.29, 1.82) is 0 Å². The molecule has 0 aliphatic heterocycles. The van der Waals surface area contributed by atoms with Crippen LogP contribution in [0.4, 0.5) is 0 Å². The van der Waals surface area contributed by atoms with Gasteiger partial charge in [-0.25, -0.2) is 0 Å². The monoisotopic (exact) mass is 355 g/mol. The largest absolute Gasteiger partial charge is 0.309 e. The molecule has 0 spiro atoms. The van der Waals surface area contributed by atoms with Crippen molar-refractivity contribution >= 4 is 21.8 Å². The number of para-hydroxylation sites is 2. The molecule has 3 aromatic carbocycles. The van der Waals surface area contributed by atoms with Crippen molar-refractivity contribution < 1.29 is 0 Å². The van der Waals surface area contributed by atoms with Gasteiger partial charge in [-0.15, -0.1) is 0 Å². The third kappa shape index (κ3) is 3.06. The van der Waals surface area contributed by atoms with Crippen molar-refractivity contribution in [2.45, 2.75) is 52.4 Å². The molecule has 1 nitrogen and oxygen atoms in total.